The van der Waals surface area contributed by atoms with Crippen LogP contribution in [0.3, 0.4) is 0 Å². The lowest BCUT2D eigenvalue weighted by molar-refractivity contribution is 0.341. The lowest BCUT2D eigenvalue weighted by Gasteiger charge is -2.17. The number of hydrogen-bond donors (Lipinski definition) is 1. The fourth-order valence-corrected chi connectivity index (χ4v) is 2.95. The number of benzene rings is 1. The summed E-state index contributed by atoms with van der Waals surface area (Å²) in [4.78, 5) is 6.63. The Balaban J connectivity index is 1.48. The molecule has 0 amide bonds. The summed E-state index contributed by atoms with van der Waals surface area (Å²) in [5.74, 6) is 0. The van der Waals surface area contributed by atoms with Crippen LogP contribution >= 0.6 is 11.6 Å². The number of halogens is 1. The summed E-state index contributed by atoms with van der Waals surface area (Å²) in [6.07, 6.45) is 5.78. The van der Waals surface area contributed by atoms with Gasteiger partial charge in [0.05, 0.1) is 16.9 Å². The van der Waals surface area contributed by atoms with E-state index in [1.165, 1.54) is 5.56 Å². The van der Waals surface area contributed by atoms with Gasteiger partial charge in [0.2, 0.25) is 0 Å². The third-order valence-corrected chi connectivity index (χ3v) is 4.29. The summed E-state index contributed by atoms with van der Waals surface area (Å²) >= 11 is 6.16. The molecule has 1 N–H and O–H groups in total. The molecule has 0 radical (unpaired) electrons. The van der Waals surface area contributed by atoms with E-state index < -0.39 is 0 Å². The SMILES string of the molecule is Clc1ccncc1NC1CCN(CCc2ccccc2)C1. The molecule has 1 fully saturated rings. The highest BCUT2D eigenvalue weighted by Gasteiger charge is 2.22. The van der Waals surface area contributed by atoms with Crippen molar-refractivity contribution in [3.8, 4) is 0 Å². The van der Waals surface area contributed by atoms with E-state index in [9.17, 15) is 0 Å². The van der Waals surface area contributed by atoms with Crippen molar-refractivity contribution in [2.75, 3.05) is 25.0 Å². The van der Waals surface area contributed by atoms with Crippen LogP contribution in [0.5, 0.6) is 0 Å². The minimum atomic E-state index is 0.461. The summed E-state index contributed by atoms with van der Waals surface area (Å²) in [6, 6.07) is 13.0. The second-order valence-electron chi connectivity index (χ2n) is 5.52. The normalized spacial score (nSPS) is 18.8. The van der Waals surface area contributed by atoms with Gasteiger partial charge in [-0.25, -0.2) is 0 Å². The van der Waals surface area contributed by atoms with Crippen LogP contribution in [-0.4, -0.2) is 35.6 Å². The molecule has 4 heteroatoms. The lowest BCUT2D eigenvalue weighted by Crippen LogP contribution is -2.28. The van der Waals surface area contributed by atoms with E-state index in [1.54, 1.807) is 12.4 Å². The third kappa shape index (κ3) is 3.96. The fraction of sp³-hybridized carbons (Fsp3) is 0.353. The summed E-state index contributed by atoms with van der Waals surface area (Å²) in [7, 11) is 0. The molecule has 21 heavy (non-hydrogen) atoms. The molecule has 0 bridgehead atoms. The first-order valence-electron chi connectivity index (χ1n) is 7.43. The quantitative estimate of drug-likeness (QED) is 0.916. The molecule has 3 nitrogen and oxygen atoms in total. The number of hydrogen-bond acceptors (Lipinski definition) is 3. The van der Waals surface area contributed by atoms with Gasteiger partial charge in [0.25, 0.3) is 0 Å². The standard InChI is InChI=1S/C17H20ClN3/c18-16-6-9-19-12-17(16)20-15-8-11-21(13-15)10-7-14-4-2-1-3-5-14/h1-6,9,12,15,20H,7-8,10-11,13H2. The van der Waals surface area contributed by atoms with E-state index in [4.69, 9.17) is 11.6 Å². The molecule has 110 valence electrons. The van der Waals surface area contributed by atoms with Gasteiger partial charge in [-0.1, -0.05) is 41.9 Å². The molecule has 1 saturated heterocycles. The second-order valence-corrected chi connectivity index (χ2v) is 5.93. The zero-order chi connectivity index (χ0) is 14.5. The van der Waals surface area contributed by atoms with Gasteiger partial charge in [-0.15, -0.1) is 0 Å². The Labute approximate surface area is 131 Å². The van der Waals surface area contributed by atoms with Crippen molar-refractivity contribution < 1.29 is 0 Å². The van der Waals surface area contributed by atoms with E-state index in [-0.39, 0.29) is 0 Å². The number of pyridine rings is 1. The van der Waals surface area contributed by atoms with Crippen LogP contribution in [0.4, 0.5) is 5.69 Å². The molecule has 1 aliphatic heterocycles. The van der Waals surface area contributed by atoms with Gasteiger partial charge in [0.15, 0.2) is 0 Å². The van der Waals surface area contributed by atoms with Crippen molar-refractivity contribution in [1.29, 1.82) is 0 Å². The lowest BCUT2D eigenvalue weighted by atomic mass is 10.1. The summed E-state index contributed by atoms with van der Waals surface area (Å²) in [5.41, 5.74) is 2.35. The minimum absolute atomic E-state index is 0.461. The van der Waals surface area contributed by atoms with E-state index in [2.05, 4.69) is 45.5 Å². The van der Waals surface area contributed by atoms with Crippen molar-refractivity contribution in [2.24, 2.45) is 0 Å². The number of nitrogens with zero attached hydrogens (tertiary/aromatic N) is 2. The van der Waals surface area contributed by atoms with E-state index in [0.29, 0.717) is 6.04 Å². The summed E-state index contributed by atoms with van der Waals surface area (Å²) in [6.45, 7) is 3.32. The zero-order valence-electron chi connectivity index (χ0n) is 12.0. The van der Waals surface area contributed by atoms with E-state index in [0.717, 1.165) is 43.2 Å². The molecule has 3 rings (SSSR count). The van der Waals surface area contributed by atoms with Crippen LogP contribution < -0.4 is 5.32 Å². The second kappa shape index (κ2) is 6.92. The maximum Gasteiger partial charge on any atom is 0.0718 e. The monoisotopic (exact) mass is 301 g/mol. The van der Waals surface area contributed by atoms with E-state index >= 15 is 0 Å². The van der Waals surface area contributed by atoms with Crippen LogP contribution in [0.15, 0.2) is 48.8 Å². The Morgan fingerprint density at radius 3 is 2.90 bits per heavy atom. The Kier molecular flexibility index (Phi) is 4.73. The van der Waals surface area contributed by atoms with Crippen molar-refractivity contribution in [3.05, 3.63) is 59.4 Å². The summed E-state index contributed by atoms with van der Waals surface area (Å²) < 4.78 is 0. The fourth-order valence-electron chi connectivity index (χ4n) is 2.79. The minimum Gasteiger partial charge on any atom is -0.379 e. The van der Waals surface area contributed by atoms with Gasteiger partial charge in [-0.3, -0.25) is 4.98 Å². The molecular formula is C17H20ClN3. The first-order chi connectivity index (χ1) is 10.3. The Hall–Kier alpha value is -1.58. The van der Waals surface area contributed by atoms with Gasteiger partial charge < -0.3 is 10.2 Å². The summed E-state index contributed by atoms with van der Waals surface area (Å²) in [5, 5.41) is 4.24. The van der Waals surface area contributed by atoms with Crippen molar-refractivity contribution in [2.45, 2.75) is 18.9 Å². The van der Waals surface area contributed by atoms with Gasteiger partial charge >= 0.3 is 0 Å². The third-order valence-electron chi connectivity index (χ3n) is 3.96. The highest BCUT2D eigenvalue weighted by molar-refractivity contribution is 6.33. The molecule has 2 heterocycles. The van der Waals surface area contributed by atoms with E-state index in [1.807, 2.05) is 6.07 Å². The van der Waals surface area contributed by atoms with Gasteiger partial charge in [-0.2, -0.15) is 0 Å². The maximum atomic E-state index is 6.16. The number of anilines is 1. The number of aromatic nitrogens is 1. The average Bonchev–Trinajstić information content (AvgIpc) is 2.96. The highest BCUT2D eigenvalue weighted by Crippen LogP contribution is 2.22. The van der Waals surface area contributed by atoms with Gasteiger partial charge in [0, 0.05) is 31.9 Å². The van der Waals surface area contributed by atoms with Crippen LogP contribution in [0.25, 0.3) is 0 Å². The predicted molar refractivity (Wildman–Crippen MR) is 87.9 cm³/mol. The van der Waals surface area contributed by atoms with Crippen LogP contribution in [0, 0.1) is 0 Å². The van der Waals surface area contributed by atoms with Crippen LogP contribution in [-0.2, 0) is 6.42 Å². The molecule has 0 aliphatic carbocycles. The Morgan fingerprint density at radius 1 is 1.24 bits per heavy atom. The smallest absolute Gasteiger partial charge is 0.0718 e. The van der Waals surface area contributed by atoms with Crippen molar-refractivity contribution >= 4 is 17.3 Å². The molecule has 0 spiro atoms. The van der Waals surface area contributed by atoms with Crippen molar-refractivity contribution in [3.63, 3.8) is 0 Å². The molecule has 1 atom stereocenters. The predicted octanol–water partition coefficient (Wildman–Crippen LogP) is 3.46. The van der Waals surface area contributed by atoms with Crippen molar-refractivity contribution in [1.82, 2.24) is 9.88 Å². The first-order valence-corrected chi connectivity index (χ1v) is 7.81. The number of likely N-dealkylation sites (tertiary alicyclic amines) is 1. The van der Waals surface area contributed by atoms with Gasteiger partial charge in [0.1, 0.15) is 0 Å². The Bertz CT molecular complexity index is 573. The van der Waals surface area contributed by atoms with Crippen LogP contribution in [0.1, 0.15) is 12.0 Å². The van der Waals surface area contributed by atoms with Gasteiger partial charge in [-0.05, 0) is 24.5 Å². The largest absolute Gasteiger partial charge is 0.379 e. The zero-order valence-corrected chi connectivity index (χ0v) is 12.8. The van der Waals surface area contributed by atoms with Crippen LogP contribution in [0.2, 0.25) is 5.02 Å². The maximum absolute atomic E-state index is 6.16. The molecule has 1 aromatic heterocycles. The first kappa shape index (κ1) is 14.4. The average molecular weight is 302 g/mol. The molecule has 1 aliphatic rings. The molecule has 1 unspecified atom stereocenters. The Morgan fingerprint density at radius 2 is 2.10 bits per heavy atom. The topological polar surface area (TPSA) is 28.2 Å². The molecule has 1 aromatic carbocycles. The molecular weight excluding hydrogens is 282 g/mol. The molecule has 0 saturated carbocycles. The number of nitrogens with one attached hydrogen (secondary N) is 1. The highest BCUT2D eigenvalue weighted by atomic mass is 35.5. The molecule has 2 aromatic rings. The number of rotatable bonds is 5.